The summed E-state index contributed by atoms with van der Waals surface area (Å²) >= 11 is 0. The van der Waals surface area contributed by atoms with Crippen molar-refractivity contribution >= 4 is 11.6 Å². The Kier molecular flexibility index (Phi) is 7.50. The minimum atomic E-state index is -0.170. The highest BCUT2D eigenvalue weighted by molar-refractivity contribution is 5.94. The highest BCUT2D eigenvalue weighted by atomic mass is 16.5. The van der Waals surface area contributed by atoms with Crippen molar-refractivity contribution in [2.24, 2.45) is 0 Å². The number of piperazine rings is 1. The standard InChI is InChI=1S/C24H30N4O3/c1-17-13-22(30-3)23(31-4)14-20(17)16-27-9-11-28(12-10-27)18(2)24(29)26-21-8-6-5-7-19(21)15-25/h5-8,13-14,18H,9-12,16H2,1-4H3,(H,26,29)/p+2/t18-/m0/s1. The molecule has 0 aliphatic carbocycles. The SMILES string of the molecule is COc1cc(C)c(C[NH+]2CC[NH+]([C@@H](C)C(=O)Nc3ccccc3C#N)CC2)cc1OC. The lowest BCUT2D eigenvalue weighted by molar-refractivity contribution is -1.02. The van der Waals surface area contributed by atoms with Crippen molar-refractivity contribution in [1.82, 2.24) is 0 Å². The Hall–Kier alpha value is -3.08. The van der Waals surface area contributed by atoms with Crippen molar-refractivity contribution in [3.63, 3.8) is 0 Å². The number of amides is 1. The van der Waals surface area contributed by atoms with Crippen LogP contribution in [0.15, 0.2) is 36.4 Å². The molecule has 0 spiro atoms. The molecule has 1 aliphatic heterocycles. The van der Waals surface area contributed by atoms with E-state index in [1.807, 2.05) is 19.1 Å². The summed E-state index contributed by atoms with van der Waals surface area (Å²) in [7, 11) is 3.31. The summed E-state index contributed by atoms with van der Waals surface area (Å²) in [6.45, 7) is 8.83. The van der Waals surface area contributed by atoms with Crippen LogP contribution in [0.5, 0.6) is 11.5 Å². The maximum Gasteiger partial charge on any atom is 0.282 e. The normalized spacial score (nSPS) is 19.2. The number of hydrogen-bond donors (Lipinski definition) is 3. The van der Waals surface area contributed by atoms with Gasteiger partial charge >= 0.3 is 0 Å². The van der Waals surface area contributed by atoms with Crippen molar-refractivity contribution in [2.75, 3.05) is 45.7 Å². The van der Waals surface area contributed by atoms with E-state index in [9.17, 15) is 10.1 Å². The van der Waals surface area contributed by atoms with E-state index in [2.05, 4.69) is 24.4 Å². The van der Waals surface area contributed by atoms with Crippen LogP contribution in [0.2, 0.25) is 0 Å². The fourth-order valence-corrected chi connectivity index (χ4v) is 4.13. The van der Waals surface area contributed by atoms with E-state index >= 15 is 0 Å². The van der Waals surface area contributed by atoms with Gasteiger partial charge in [0.25, 0.3) is 5.91 Å². The van der Waals surface area contributed by atoms with E-state index < -0.39 is 0 Å². The topological polar surface area (TPSA) is 80.2 Å². The van der Waals surface area contributed by atoms with Crippen LogP contribution in [0.4, 0.5) is 5.69 Å². The number of ether oxygens (including phenoxy) is 2. The van der Waals surface area contributed by atoms with Gasteiger partial charge in [0.05, 0.1) is 25.5 Å². The van der Waals surface area contributed by atoms with Crippen molar-refractivity contribution < 1.29 is 24.1 Å². The molecule has 3 rings (SSSR count). The fraction of sp³-hybridized carbons (Fsp3) is 0.417. The second-order valence-corrected chi connectivity index (χ2v) is 8.09. The fourth-order valence-electron chi connectivity index (χ4n) is 4.13. The average Bonchev–Trinajstić information content (AvgIpc) is 2.80. The Morgan fingerprint density at radius 2 is 1.77 bits per heavy atom. The summed E-state index contributed by atoms with van der Waals surface area (Å²) in [5, 5.41) is 12.2. The Morgan fingerprint density at radius 3 is 2.42 bits per heavy atom. The summed E-state index contributed by atoms with van der Waals surface area (Å²) in [5.74, 6) is 1.47. The van der Waals surface area contributed by atoms with E-state index in [0.29, 0.717) is 11.3 Å². The van der Waals surface area contributed by atoms with Gasteiger partial charge in [0, 0.05) is 5.56 Å². The number of methoxy groups -OCH3 is 2. The number of para-hydroxylation sites is 1. The van der Waals surface area contributed by atoms with E-state index in [1.54, 1.807) is 32.4 Å². The van der Waals surface area contributed by atoms with Gasteiger partial charge in [-0.1, -0.05) is 12.1 Å². The molecule has 0 saturated carbocycles. The number of hydrogen-bond acceptors (Lipinski definition) is 4. The number of nitrogens with zero attached hydrogens (tertiary/aromatic N) is 1. The summed E-state index contributed by atoms with van der Waals surface area (Å²) in [6.07, 6.45) is 0. The molecule has 1 heterocycles. The predicted molar refractivity (Wildman–Crippen MR) is 119 cm³/mol. The lowest BCUT2D eigenvalue weighted by atomic mass is 10.1. The average molecular weight is 425 g/mol. The highest BCUT2D eigenvalue weighted by Crippen LogP contribution is 2.29. The van der Waals surface area contributed by atoms with Crippen LogP contribution in [0.3, 0.4) is 0 Å². The van der Waals surface area contributed by atoms with Gasteiger partial charge in [0.1, 0.15) is 38.8 Å². The number of rotatable bonds is 7. The smallest absolute Gasteiger partial charge is 0.282 e. The molecule has 1 atom stereocenters. The number of nitrogens with one attached hydrogen (secondary N) is 3. The molecule has 2 aromatic carbocycles. The molecule has 7 nitrogen and oxygen atoms in total. The van der Waals surface area contributed by atoms with Gasteiger partial charge in [-0.15, -0.1) is 0 Å². The summed E-state index contributed by atoms with van der Waals surface area (Å²) in [6, 6.07) is 13.2. The zero-order valence-corrected chi connectivity index (χ0v) is 18.7. The summed E-state index contributed by atoms with van der Waals surface area (Å²) in [4.78, 5) is 15.5. The number of nitriles is 1. The number of benzene rings is 2. The molecular formula is C24H32N4O3+2. The predicted octanol–water partition coefficient (Wildman–Crippen LogP) is 0.195. The molecule has 1 amide bonds. The van der Waals surface area contributed by atoms with Gasteiger partial charge in [0.15, 0.2) is 17.5 Å². The number of aryl methyl sites for hydroxylation is 1. The number of anilines is 1. The van der Waals surface area contributed by atoms with Crippen molar-refractivity contribution in [3.05, 3.63) is 53.1 Å². The molecular weight excluding hydrogens is 392 g/mol. The number of carbonyl (C=O) groups excluding carboxylic acids is 1. The quantitative estimate of drug-likeness (QED) is 0.593. The molecule has 0 unspecified atom stereocenters. The zero-order valence-electron chi connectivity index (χ0n) is 18.7. The van der Waals surface area contributed by atoms with Crippen LogP contribution in [0, 0.1) is 18.3 Å². The Balaban J connectivity index is 1.57. The van der Waals surface area contributed by atoms with Gasteiger partial charge in [-0.3, -0.25) is 4.79 Å². The van der Waals surface area contributed by atoms with Crippen LogP contribution in [-0.4, -0.2) is 52.3 Å². The lowest BCUT2D eigenvalue weighted by Gasteiger charge is -2.33. The van der Waals surface area contributed by atoms with Gasteiger partial charge in [-0.25, -0.2) is 0 Å². The lowest BCUT2D eigenvalue weighted by Crippen LogP contribution is -3.29. The van der Waals surface area contributed by atoms with E-state index in [1.165, 1.54) is 20.9 Å². The van der Waals surface area contributed by atoms with Crippen LogP contribution < -0.4 is 24.6 Å². The molecule has 0 aromatic heterocycles. The third kappa shape index (κ3) is 5.35. The first kappa shape index (κ1) is 22.6. The van der Waals surface area contributed by atoms with Crippen LogP contribution >= 0.6 is 0 Å². The van der Waals surface area contributed by atoms with Crippen molar-refractivity contribution in [2.45, 2.75) is 26.4 Å². The Bertz CT molecular complexity index is 962. The monoisotopic (exact) mass is 424 g/mol. The first-order valence-corrected chi connectivity index (χ1v) is 10.7. The van der Waals surface area contributed by atoms with Crippen molar-refractivity contribution in [3.8, 4) is 17.6 Å². The minimum Gasteiger partial charge on any atom is -0.493 e. The molecule has 0 bridgehead atoms. The molecule has 7 heteroatoms. The molecule has 1 fully saturated rings. The maximum atomic E-state index is 12.8. The third-order valence-corrected chi connectivity index (χ3v) is 6.19. The number of quaternary nitrogens is 2. The summed E-state index contributed by atoms with van der Waals surface area (Å²) in [5.41, 5.74) is 3.52. The Morgan fingerprint density at radius 1 is 1.13 bits per heavy atom. The molecule has 2 aromatic rings. The zero-order chi connectivity index (χ0) is 22.4. The summed E-state index contributed by atoms with van der Waals surface area (Å²) < 4.78 is 10.8. The van der Waals surface area contributed by atoms with E-state index in [-0.39, 0.29) is 11.9 Å². The van der Waals surface area contributed by atoms with Crippen molar-refractivity contribution in [1.29, 1.82) is 5.26 Å². The molecule has 1 saturated heterocycles. The van der Waals surface area contributed by atoms with Crippen LogP contribution in [0.25, 0.3) is 0 Å². The van der Waals surface area contributed by atoms with E-state index in [4.69, 9.17) is 9.47 Å². The highest BCUT2D eigenvalue weighted by Gasteiger charge is 2.31. The third-order valence-electron chi connectivity index (χ3n) is 6.19. The van der Waals surface area contributed by atoms with E-state index in [0.717, 1.165) is 44.2 Å². The molecule has 0 radical (unpaired) electrons. The molecule has 31 heavy (non-hydrogen) atoms. The molecule has 164 valence electrons. The number of carbonyl (C=O) groups is 1. The first-order valence-electron chi connectivity index (χ1n) is 10.7. The molecule has 1 aliphatic rings. The van der Waals surface area contributed by atoms with Gasteiger partial charge in [0.2, 0.25) is 0 Å². The molecule has 3 N–H and O–H groups in total. The largest absolute Gasteiger partial charge is 0.493 e. The van der Waals surface area contributed by atoms with Gasteiger partial charge < -0.3 is 24.6 Å². The maximum absolute atomic E-state index is 12.8. The first-order chi connectivity index (χ1) is 15.0. The minimum absolute atomic E-state index is 0.0446. The second-order valence-electron chi connectivity index (χ2n) is 8.09. The van der Waals surface area contributed by atoms with Gasteiger partial charge in [-0.05, 0) is 43.7 Å². The Labute approximate surface area is 184 Å². The van der Waals surface area contributed by atoms with Crippen LogP contribution in [0.1, 0.15) is 23.6 Å². The second kappa shape index (κ2) is 10.3. The van der Waals surface area contributed by atoms with Crippen LogP contribution in [-0.2, 0) is 11.3 Å². The van der Waals surface area contributed by atoms with Gasteiger partial charge in [-0.2, -0.15) is 5.26 Å².